The minimum absolute atomic E-state index is 0.0819. The molecule has 160 valence electrons. The Labute approximate surface area is 174 Å². The van der Waals surface area contributed by atoms with E-state index in [2.05, 4.69) is 22.1 Å². The highest BCUT2D eigenvalue weighted by molar-refractivity contribution is 7.90. The zero-order chi connectivity index (χ0) is 21.7. The van der Waals surface area contributed by atoms with E-state index in [1.165, 1.54) is 22.2 Å². The highest BCUT2D eigenvalue weighted by Gasteiger charge is 2.26. The van der Waals surface area contributed by atoms with Gasteiger partial charge in [-0.1, -0.05) is 13.0 Å². The Kier molecular flexibility index (Phi) is 6.68. The lowest BCUT2D eigenvalue weighted by molar-refractivity contribution is -0.122. The van der Waals surface area contributed by atoms with Gasteiger partial charge in [0.15, 0.2) is 0 Å². The average Bonchev–Trinajstić information content (AvgIpc) is 3.15. The van der Waals surface area contributed by atoms with Crippen LogP contribution >= 0.6 is 0 Å². The predicted octanol–water partition coefficient (Wildman–Crippen LogP) is 2.30. The molecule has 1 fully saturated rings. The molecule has 0 aliphatic carbocycles. The fourth-order valence-corrected chi connectivity index (χ4v) is 4.89. The smallest absolute Gasteiger partial charge is 0.290 e. The van der Waals surface area contributed by atoms with E-state index in [-0.39, 0.29) is 11.4 Å². The van der Waals surface area contributed by atoms with Crippen LogP contribution in [0.15, 0.2) is 53.7 Å². The van der Waals surface area contributed by atoms with Gasteiger partial charge in [0.05, 0.1) is 16.1 Å². The first-order valence-corrected chi connectivity index (χ1v) is 10.9. The first-order chi connectivity index (χ1) is 14.4. The van der Waals surface area contributed by atoms with Crippen LogP contribution in [0, 0.1) is 5.82 Å². The molecule has 3 aromatic rings. The summed E-state index contributed by atoms with van der Waals surface area (Å²) in [5.41, 5.74) is 1.91. The molecule has 1 aromatic carbocycles. The van der Waals surface area contributed by atoms with E-state index in [1.54, 1.807) is 24.5 Å². The summed E-state index contributed by atoms with van der Waals surface area (Å²) in [6.07, 6.45) is 4.25. The summed E-state index contributed by atoms with van der Waals surface area (Å²) in [5, 5.41) is 10.3. The first kappa shape index (κ1) is 21.7. The van der Waals surface area contributed by atoms with Crippen molar-refractivity contribution in [3.8, 4) is 0 Å². The molecule has 0 amide bonds. The summed E-state index contributed by atoms with van der Waals surface area (Å²) in [5.74, 6) is -0.584. The zero-order valence-corrected chi connectivity index (χ0v) is 17.2. The largest absolute Gasteiger partial charge is 0.483 e. The molecule has 0 spiro atoms. The van der Waals surface area contributed by atoms with Crippen molar-refractivity contribution in [3.63, 3.8) is 0 Å². The number of hydrogen-bond donors (Lipinski definition) is 2. The maximum atomic E-state index is 13.6. The van der Waals surface area contributed by atoms with Crippen molar-refractivity contribution in [2.75, 3.05) is 24.5 Å². The van der Waals surface area contributed by atoms with Crippen molar-refractivity contribution in [3.05, 3.63) is 54.6 Å². The van der Waals surface area contributed by atoms with Crippen molar-refractivity contribution in [1.29, 1.82) is 0 Å². The van der Waals surface area contributed by atoms with E-state index in [0.29, 0.717) is 17.1 Å². The molecule has 30 heavy (non-hydrogen) atoms. The number of aromatic nitrogens is 2. The SMILES string of the molecule is CC[C@@H]1CN(c2cn(S(=O)(=O)c3cccc(F)c3)c3cccnc23)CCN1.O=CO. The summed E-state index contributed by atoms with van der Waals surface area (Å²) >= 11 is 0. The van der Waals surface area contributed by atoms with Crippen LogP contribution in [0.4, 0.5) is 10.1 Å². The molecule has 3 heterocycles. The molecular weight excluding hydrogens is 411 g/mol. The molecule has 1 aliphatic rings. The lowest BCUT2D eigenvalue weighted by Gasteiger charge is -2.34. The number of pyridine rings is 1. The van der Waals surface area contributed by atoms with Crippen LogP contribution in [0.25, 0.3) is 11.0 Å². The molecule has 4 rings (SSSR count). The standard InChI is InChI=1S/C19H21FN4O2S.CH2O2/c1-2-15-12-23(10-9-21-15)18-13-24(17-7-4-8-22-19(17)18)27(25,26)16-6-3-5-14(20)11-16;2-1-3/h3-8,11,13,15,21H,2,9-10,12H2,1H3;1H,(H,2,3)/t15-;/m1./s1. The second kappa shape index (κ2) is 9.23. The maximum Gasteiger partial charge on any atom is 0.290 e. The molecule has 1 aliphatic heterocycles. The van der Waals surface area contributed by atoms with Gasteiger partial charge in [0.25, 0.3) is 16.5 Å². The topological polar surface area (TPSA) is 105 Å². The van der Waals surface area contributed by atoms with E-state index >= 15 is 0 Å². The van der Waals surface area contributed by atoms with Crippen LogP contribution in [0.5, 0.6) is 0 Å². The normalized spacial score (nSPS) is 16.7. The molecule has 10 heteroatoms. The molecule has 0 radical (unpaired) electrons. The van der Waals surface area contributed by atoms with Gasteiger partial charge in [-0.05, 0) is 36.8 Å². The molecule has 8 nitrogen and oxygen atoms in total. The number of rotatable bonds is 4. The summed E-state index contributed by atoms with van der Waals surface area (Å²) < 4.78 is 41.1. The van der Waals surface area contributed by atoms with Gasteiger partial charge in [0.2, 0.25) is 0 Å². The number of carbonyl (C=O) groups is 1. The van der Waals surface area contributed by atoms with Crippen LogP contribution < -0.4 is 10.2 Å². The zero-order valence-electron chi connectivity index (χ0n) is 16.4. The highest BCUT2D eigenvalue weighted by atomic mass is 32.2. The van der Waals surface area contributed by atoms with Gasteiger partial charge in [-0.15, -0.1) is 0 Å². The second-order valence-electron chi connectivity index (χ2n) is 6.75. The van der Waals surface area contributed by atoms with Crippen LogP contribution in [-0.4, -0.2) is 54.6 Å². The fourth-order valence-electron chi connectivity index (χ4n) is 3.50. The van der Waals surface area contributed by atoms with Crippen LogP contribution in [-0.2, 0) is 14.8 Å². The van der Waals surface area contributed by atoms with E-state index in [9.17, 15) is 12.8 Å². The molecule has 2 aromatic heterocycles. The van der Waals surface area contributed by atoms with E-state index in [1.807, 2.05) is 0 Å². The van der Waals surface area contributed by atoms with Crippen molar-refractivity contribution >= 4 is 33.2 Å². The Morgan fingerprint density at radius 1 is 1.33 bits per heavy atom. The third-order valence-electron chi connectivity index (χ3n) is 4.95. The number of anilines is 1. The number of piperazine rings is 1. The number of hydrogen-bond acceptors (Lipinski definition) is 6. The van der Waals surface area contributed by atoms with Gasteiger partial charge in [-0.25, -0.2) is 16.8 Å². The van der Waals surface area contributed by atoms with Crippen LogP contribution in [0.1, 0.15) is 13.3 Å². The third-order valence-corrected chi connectivity index (χ3v) is 6.62. The van der Waals surface area contributed by atoms with Gasteiger partial charge in [0.1, 0.15) is 11.3 Å². The average molecular weight is 434 g/mol. The summed E-state index contributed by atoms with van der Waals surface area (Å²) in [6.45, 7) is 4.25. The van der Waals surface area contributed by atoms with Gasteiger partial charge >= 0.3 is 0 Å². The van der Waals surface area contributed by atoms with Gasteiger partial charge in [0, 0.05) is 38.1 Å². The van der Waals surface area contributed by atoms with Crippen molar-refractivity contribution in [2.24, 2.45) is 0 Å². The molecule has 0 saturated carbocycles. The van der Waals surface area contributed by atoms with E-state index < -0.39 is 15.8 Å². The Hall–Kier alpha value is -2.98. The Balaban J connectivity index is 0.000000806. The number of halogens is 1. The summed E-state index contributed by atoms with van der Waals surface area (Å²) in [7, 11) is -3.93. The lowest BCUT2D eigenvalue weighted by Crippen LogP contribution is -2.50. The number of nitrogens with one attached hydrogen (secondary N) is 1. The molecule has 0 unspecified atom stereocenters. The quantitative estimate of drug-likeness (QED) is 0.607. The molecule has 1 saturated heterocycles. The van der Waals surface area contributed by atoms with Crippen molar-refractivity contribution < 1.29 is 22.7 Å². The Morgan fingerprint density at radius 2 is 2.10 bits per heavy atom. The fraction of sp³-hybridized carbons (Fsp3) is 0.300. The molecule has 0 bridgehead atoms. The van der Waals surface area contributed by atoms with Gasteiger partial charge in [-0.3, -0.25) is 9.78 Å². The minimum Gasteiger partial charge on any atom is -0.483 e. The summed E-state index contributed by atoms with van der Waals surface area (Å²) in [6, 6.07) is 8.84. The van der Waals surface area contributed by atoms with Gasteiger partial charge in [-0.2, -0.15) is 0 Å². The molecule has 2 N–H and O–H groups in total. The second-order valence-corrected chi connectivity index (χ2v) is 8.57. The van der Waals surface area contributed by atoms with Crippen molar-refractivity contribution in [2.45, 2.75) is 24.3 Å². The van der Waals surface area contributed by atoms with Crippen LogP contribution in [0.3, 0.4) is 0 Å². The predicted molar refractivity (Wildman–Crippen MR) is 112 cm³/mol. The van der Waals surface area contributed by atoms with Crippen molar-refractivity contribution in [1.82, 2.24) is 14.3 Å². The minimum atomic E-state index is -3.93. The van der Waals surface area contributed by atoms with E-state index in [0.717, 1.165) is 37.8 Å². The van der Waals surface area contributed by atoms with E-state index in [4.69, 9.17) is 9.90 Å². The number of fused-ring (bicyclic) bond motifs is 1. The number of nitrogens with zero attached hydrogens (tertiary/aromatic N) is 3. The van der Waals surface area contributed by atoms with Crippen LogP contribution in [0.2, 0.25) is 0 Å². The highest BCUT2D eigenvalue weighted by Crippen LogP contribution is 2.31. The number of carboxylic acid groups (broad SMARTS) is 1. The molecular formula is C20H23FN4O4S. The summed E-state index contributed by atoms with van der Waals surface area (Å²) in [4.78, 5) is 14.9. The van der Waals surface area contributed by atoms with Gasteiger partial charge < -0.3 is 15.3 Å². The number of benzene rings is 1. The lowest BCUT2D eigenvalue weighted by atomic mass is 10.1. The Morgan fingerprint density at radius 3 is 2.80 bits per heavy atom. The Bertz CT molecular complexity index is 1130. The third kappa shape index (κ3) is 4.29. The first-order valence-electron chi connectivity index (χ1n) is 9.45. The molecule has 1 atom stereocenters. The monoisotopic (exact) mass is 434 g/mol. The maximum absolute atomic E-state index is 13.6.